The Kier molecular flexibility index (Phi) is 5.67. The quantitative estimate of drug-likeness (QED) is 0.592. The lowest BCUT2D eigenvalue weighted by atomic mass is 9.98. The molecule has 2 aliphatic rings. The van der Waals surface area contributed by atoms with E-state index in [1.165, 1.54) is 0 Å². The molecule has 2 atom stereocenters. The van der Waals surface area contributed by atoms with Crippen molar-refractivity contribution in [1.82, 2.24) is 19.5 Å². The summed E-state index contributed by atoms with van der Waals surface area (Å²) >= 11 is 3.56. The Morgan fingerprint density at radius 1 is 1.16 bits per heavy atom. The minimum Gasteiger partial charge on any atom is -0.355 e. The van der Waals surface area contributed by atoms with Crippen LogP contribution in [-0.4, -0.2) is 51.1 Å². The van der Waals surface area contributed by atoms with Crippen LogP contribution in [0.25, 0.3) is 5.65 Å². The maximum Gasteiger partial charge on any atom is 0.255 e. The fraction of sp³-hybridized carbons (Fsp3) is 0.458. The molecule has 0 bridgehead atoms. The number of aromatic nitrogens is 3. The number of nitrogens with two attached hydrogens (primary N) is 1. The molecule has 1 amide bonds. The molecule has 7 nitrogen and oxygen atoms in total. The van der Waals surface area contributed by atoms with Crippen LogP contribution in [0.2, 0.25) is 0 Å². The van der Waals surface area contributed by atoms with E-state index in [1.807, 2.05) is 46.8 Å². The average molecular weight is 497 g/mol. The van der Waals surface area contributed by atoms with E-state index in [-0.39, 0.29) is 18.0 Å². The summed E-state index contributed by atoms with van der Waals surface area (Å²) in [6, 6.07) is 8.12. The Hall–Kier alpha value is -2.45. The number of rotatable bonds is 3. The van der Waals surface area contributed by atoms with Crippen LogP contribution in [0.3, 0.4) is 0 Å². The third-order valence-electron chi connectivity index (χ3n) is 6.61. The lowest BCUT2D eigenvalue weighted by Gasteiger charge is -2.35. The van der Waals surface area contributed by atoms with Crippen molar-refractivity contribution < 1.29 is 4.79 Å². The molecule has 0 spiro atoms. The molecular formula is C24H29BrN6O. The van der Waals surface area contributed by atoms with Crippen LogP contribution in [0.1, 0.15) is 58.9 Å². The zero-order valence-corrected chi connectivity index (χ0v) is 20.2. The van der Waals surface area contributed by atoms with Crippen molar-refractivity contribution >= 4 is 33.3 Å². The van der Waals surface area contributed by atoms with Crippen LogP contribution < -0.4 is 10.6 Å². The number of fused-ring (bicyclic) bond motifs is 1. The number of nitrogens with zero attached hydrogens (tertiary/aromatic N) is 5. The highest BCUT2D eigenvalue weighted by atomic mass is 79.9. The van der Waals surface area contributed by atoms with E-state index in [1.54, 1.807) is 0 Å². The smallest absolute Gasteiger partial charge is 0.255 e. The molecule has 2 saturated heterocycles. The lowest BCUT2D eigenvalue weighted by Crippen LogP contribution is -2.38. The molecule has 0 saturated carbocycles. The number of carbonyl (C=O) groups is 1. The molecule has 0 aliphatic carbocycles. The van der Waals surface area contributed by atoms with Crippen molar-refractivity contribution in [1.29, 1.82) is 0 Å². The molecule has 8 heteroatoms. The summed E-state index contributed by atoms with van der Waals surface area (Å²) in [7, 11) is 0. The number of carbonyl (C=O) groups excluding carboxylic acids is 1. The fourth-order valence-electron chi connectivity index (χ4n) is 4.92. The zero-order valence-electron chi connectivity index (χ0n) is 18.6. The van der Waals surface area contributed by atoms with Crippen molar-refractivity contribution in [3.05, 3.63) is 57.3 Å². The van der Waals surface area contributed by atoms with E-state index in [2.05, 4.69) is 27.8 Å². The van der Waals surface area contributed by atoms with Crippen LogP contribution in [0.15, 0.2) is 34.9 Å². The first-order valence-electron chi connectivity index (χ1n) is 11.4. The Labute approximate surface area is 196 Å². The number of likely N-dealkylation sites (tertiary alicyclic amines) is 1. The summed E-state index contributed by atoms with van der Waals surface area (Å²) in [5.41, 5.74) is 10.7. The number of hydrogen-bond donors (Lipinski definition) is 1. The number of anilines is 1. The van der Waals surface area contributed by atoms with E-state index in [0.717, 1.165) is 78.1 Å². The monoisotopic (exact) mass is 496 g/mol. The SMILES string of the molecule is Cc1ccc(Br)c(C(=O)N2CCCCC2c2cc3nc(N4CCC(N)C4)c(C)cn3n2)c1. The standard InChI is InChI=1S/C24H29BrN6O/c1-15-6-7-19(25)18(11-15)24(32)30-9-4-3-5-21(30)20-12-22-27-23(16(2)13-31(22)28-20)29-10-8-17(26)14-29/h6-7,11-13,17,21H,3-5,8-10,14,26H2,1-2H3. The molecule has 4 heterocycles. The summed E-state index contributed by atoms with van der Waals surface area (Å²) in [5, 5.41) is 4.85. The van der Waals surface area contributed by atoms with Crippen molar-refractivity contribution in [2.75, 3.05) is 24.5 Å². The maximum absolute atomic E-state index is 13.5. The predicted molar refractivity (Wildman–Crippen MR) is 129 cm³/mol. The van der Waals surface area contributed by atoms with Gasteiger partial charge in [0.05, 0.1) is 17.3 Å². The number of piperidine rings is 1. The molecule has 1 aromatic carbocycles. The molecule has 2 fully saturated rings. The van der Waals surface area contributed by atoms with Gasteiger partial charge in [-0.3, -0.25) is 4.79 Å². The van der Waals surface area contributed by atoms with Gasteiger partial charge in [0.15, 0.2) is 5.65 Å². The molecular weight excluding hydrogens is 468 g/mol. The largest absolute Gasteiger partial charge is 0.355 e. The Morgan fingerprint density at radius 2 is 2.00 bits per heavy atom. The molecule has 32 heavy (non-hydrogen) atoms. The minimum atomic E-state index is -0.0469. The van der Waals surface area contributed by atoms with Gasteiger partial charge in [-0.25, -0.2) is 9.50 Å². The third-order valence-corrected chi connectivity index (χ3v) is 7.30. The van der Waals surface area contributed by atoms with Gasteiger partial charge >= 0.3 is 0 Å². The van der Waals surface area contributed by atoms with Gasteiger partial charge < -0.3 is 15.5 Å². The van der Waals surface area contributed by atoms with E-state index in [9.17, 15) is 4.79 Å². The van der Waals surface area contributed by atoms with Gasteiger partial charge in [-0.15, -0.1) is 0 Å². The molecule has 2 aromatic heterocycles. The second-order valence-corrected chi connectivity index (χ2v) is 9.96. The highest BCUT2D eigenvalue weighted by Gasteiger charge is 2.32. The summed E-state index contributed by atoms with van der Waals surface area (Å²) in [6.07, 6.45) is 6.03. The van der Waals surface area contributed by atoms with E-state index in [0.29, 0.717) is 5.56 Å². The average Bonchev–Trinajstić information content (AvgIpc) is 3.40. The first-order valence-corrected chi connectivity index (χ1v) is 12.1. The number of hydrogen-bond acceptors (Lipinski definition) is 5. The van der Waals surface area contributed by atoms with Gasteiger partial charge in [0, 0.05) is 48.0 Å². The second-order valence-electron chi connectivity index (χ2n) is 9.11. The first kappa shape index (κ1) is 21.4. The number of benzene rings is 1. The lowest BCUT2D eigenvalue weighted by molar-refractivity contribution is 0.0604. The van der Waals surface area contributed by atoms with Crippen molar-refractivity contribution in [2.24, 2.45) is 5.73 Å². The fourth-order valence-corrected chi connectivity index (χ4v) is 5.34. The zero-order chi connectivity index (χ0) is 22.4. The summed E-state index contributed by atoms with van der Waals surface area (Å²) in [4.78, 5) is 22.7. The van der Waals surface area contributed by atoms with Crippen LogP contribution in [0.5, 0.6) is 0 Å². The highest BCUT2D eigenvalue weighted by molar-refractivity contribution is 9.10. The summed E-state index contributed by atoms with van der Waals surface area (Å²) < 4.78 is 2.68. The summed E-state index contributed by atoms with van der Waals surface area (Å²) in [5.74, 6) is 1.04. The van der Waals surface area contributed by atoms with Crippen molar-refractivity contribution in [2.45, 2.75) is 51.6 Å². The maximum atomic E-state index is 13.5. The van der Waals surface area contributed by atoms with E-state index < -0.39 is 0 Å². The highest BCUT2D eigenvalue weighted by Crippen LogP contribution is 2.34. The van der Waals surface area contributed by atoms with E-state index in [4.69, 9.17) is 15.8 Å². The molecule has 3 aromatic rings. The van der Waals surface area contributed by atoms with Gasteiger partial charge in [-0.2, -0.15) is 5.10 Å². The van der Waals surface area contributed by atoms with Gasteiger partial charge in [-0.1, -0.05) is 11.6 Å². The van der Waals surface area contributed by atoms with Crippen molar-refractivity contribution in [3.63, 3.8) is 0 Å². The number of aryl methyl sites for hydroxylation is 2. The number of amides is 1. The third kappa shape index (κ3) is 3.90. The van der Waals surface area contributed by atoms with Gasteiger partial charge in [0.25, 0.3) is 5.91 Å². The van der Waals surface area contributed by atoms with Gasteiger partial charge in [0.2, 0.25) is 0 Å². The topological polar surface area (TPSA) is 79.8 Å². The molecule has 2 N–H and O–H groups in total. The van der Waals surface area contributed by atoms with Gasteiger partial charge in [0.1, 0.15) is 5.82 Å². The van der Waals surface area contributed by atoms with Gasteiger partial charge in [-0.05, 0) is 67.6 Å². The number of halogens is 1. The normalized spacial score (nSPS) is 21.5. The van der Waals surface area contributed by atoms with Crippen LogP contribution in [0.4, 0.5) is 5.82 Å². The van der Waals surface area contributed by atoms with Crippen LogP contribution in [0, 0.1) is 13.8 Å². The minimum absolute atomic E-state index is 0.0469. The summed E-state index contributed by atoms with van der Waals surface area (Å²) in [6.45, 7) is 6.58. The molecule has 2 aliphatic heterocycles. The van der Waals surface area contributed by atoms with Crippen molar-refractivity contribution in [3.8, 4) is 0 Å². The molecule has 2 unspecified atom stereocenters. The molecule has 5 rings (SSSR count). The van der Waals surface area contributed by atoms with Crippen LogP contribution in [-0.2, 0) is 0 Å². The Balaban J connectivity index is 1.48. The second kappa shape index (κ2) is 8.48. The molecule has 0 radical (unpaired) electrons. The molecule has 168 valence electrons. The predicted octanol–water partition coefficient (Wildman–Crippen LogP) is 4.01. The first-order chi connectivity index (χ1) is 15.4. The Bertz CT molecular complexity index is 1170. The van der Waals surface area contributed by atoms with E-state index >= 15 is 0 Å². The Morgan fingerprint density at radius 3 is 2.78 bits per heavy atom. The van der Waals surface area contributed by atoms with Crippen LogP contribution >= 0.6 is 15.9 Å².